The van der Waals surface area contributed by atoms with Gasteiger partial charge in [-0.2, -0.15) is 5.10 Å². The molecule has 130 valence electrons. The van der Waals surface area contributed by atoms with Gasteiger partial charge in [-0.05, 0) is 44.2 Å². The summed E-state index contributed by atoms with van der Waals surface area (Å²) in [6.07, 6.45) is 1.62. The average Bonchev–Trinajstić information content (AvgIpc) is 3.24. The fraction of sp³-hybridized carbons (Fsp3) is 0.150. The minimum absolute atomic E-state index is 0.118. The molecular formula is C20H19N5O. The molecule has 0 radical (unpaired) electrons. The zero-order valence-electron chi connectivity index (χ0n) is 14.7. The van der Waals surface area contributed by atoms with Crippen molar-refractivity contribution in [1.29, 1.82) is 0 Å². The van der Waals surface area contributed by atoms with E-state index in [9.17, 15) is 4.79 Å². The summed E-state index contributed by atoms with van der Waals surface area (Å²) in [4.78, 5) is 19.7. The van der Waals surface area contributed by atoms with Crippen LogP contribution in [-0.2, 0) is 6.54 Å². The van der Waals surface area contributed by atoms with Crippen LogP contribution in [0.25, 0.3) is 16.7 Å². The molecule has 2 heterocycles. The maximum atomic E-state index is 12.5. The number of amides is 1. The van der Waals surface area contributed by atoms with Gasteiger partial charge in [-0.15, -0.1) is 0 Å². The number of hydrogen-bond donors (Lipinski definition) is 2. The number of imidazole rings is 1. The van der Waals surface area contributed by atoms with Crippen molar-refractivity contribution in [2.75, 3.05) is 0 Å². The van der Waals surface area contributed by atoms with E-state index in [4.69, 9.17) is 0 Å². The van der Waals surface area contributed by atoms with Crippen LogP contribution in [0.2, 0.25) is 0 Å². The van der Waals surface area contributed by atoms with Crippen LogP contribution in [0.15, 0.2) is 54.9 Å². The smallest absolute Gasteiger partial charge is 0.251 e. The molecule has 0 atom stereocenters. The largest absolute Gasteiger partial charge is 0.348 e. The molecule has 0 unspecified atom stereocenters. The van der Waals surface area contributed by atoms with Crippen LogP contribution in [-0.4, -0.2) is 25.7 Å². The summed E-state index contributed by atoms with van der Waals surface area (Å²) in [7, 11) is 0. The van der Waals surface area contributed by atoms with E-state index < -0.39 is 0 Å². The van der Waals surface area contributed by atoms with Crippen molar-refractivity contribution in [3.8, 4) is 5.69 Å². The van der Waals surface area contributed by atoms with Gasteiger partial charge in [-0.25, -0.2) is 9.67 Å². The first-order valence-corrected chi connectivity index (χ1v) is 8.45. The molecule has 6 nitrogen and oxygen atoms in total. The Balaban J connectivity index is 1.54. The fourth-order valence-corrected chi connectivity index (χ4v) is 3.10. The third kappa shape index (κ3) is 2.86. The number of nitrogens with zero attached hydrogens (tertiary/aromatic N) is 3. The summed E-state index contributed by atoms with van der Waals surface area (Å²) < 4.78 is 1.91. The van der Waals surface area contributed by atoms with Gasteiger partial charge in [0, 0.05) is 23.4 Å². The normalized spacial score (nSPS) is 11.0. The molecule has 2 aromatic heterocycles. The lowest BCUT2D eigenvalue weighted by molar-refractivity contribution is 0.0951. The Hall–Kier alpha value is -3.41. The number of aromatic amines is 1. The molecule has 0 aliphatic carbocycles. The van der Waals surface area contributed by atoms with E-state index in [-0.39, 0.29) is 5.91 Å². The molecule has 4 aromatic rings. The lowest BCUT2D eigenvalue weighted by atomic mass is 10.1. The first-order chi connectivity index (χ1) is 12.6. The molecule has 0 aliphatic heterocycles. The first kappa shape index (κ1) is 16.1. The number of fused-ring (bicyclic) bond motifs is 1. The molecular weight excluding hydrogens is 326 g/mol. The van der Waals surface area contributed by atoms with Gasteiger partial charge in [-0.1, -0.05) is 18.2 Å². The lowest BCUT2D eigenvalue weighted by Crippen LogP contribution is -2.23. The zero-order valence-corrected chi connectivity index (χ0v) is 14.7. The summed E-state index contributed by atoms with van der Waals surface area (Å²) in [5.74, 6) is -0.118. The second-order valence-corrected chi connectivity index (χ2v) is 6.21. The Bertz CT molecular complexity index is 1080. The van der Waals surface area contributed by atoms with Gasteiger partial charge in [0.15, 0.2) is 0 Å². The molecule has 26 heavy (non-hydrogen) atoms. The Kier molecular flexibility index (Phi) is 4.01. The van der Waals surface area contributed by atoms with Gasteiger partial charge in [0.05, 0.1) is 28.7 Å². The van der Waals surface area contributed by atoms with Crippen LogP contribution in [0, 0.1) is 13.8 Å². The van der Waals surface area contributed by atoms with E-state index >= 15 is 0 Å². The third-order valence-electron chi connectivity index (χ3n) is 4.55. The van der Waals surface area contributed by atoms with Crippen molar-refractivity contribution >= 4 is 16.9 Å². The van der Waals surface area contributed by atoms with E-state index in [0.717, 1.165) is 33.7 Å². The fourth-order valence-electron chi connectivity index (χ4n) is 3.10. The molecule has 1 amide bonds. The Labute approximate surface area is 150 Å². The zero-order chi connectivity index (χ0) is 18.1. The van der Waals surface area contributed by atoms with Crippen LogP contribution in [0.3, 0.4) is 0 Å². The van der Waals surface area contributed by atoms with Gasteiger partial charge in [-0.3, -0.25) is 4.79 Å². The molecule has 6 heteroatoms. The number of aromatic nitrogens is 4. The second-order valence-electron chi connectivity index (χ2n) is 6.21. The Morgan fingerprint density at radius 2 is 1.96 bits per heavy atom. The van der Waals surface area contributed by atoms with Crippen molar-refractivity contribution in [2.24, 2.45) is 0 Å². The molecule has 0 spiro atoms. The summed E-state index contributed by atoms with van der Waals surface area (Å²) >= 11 is 0. The van der Waals surface area contributed by atoms with E-state index in [0.29, 0.717) is 12.1 Å². The number of nitrogens with one attached hydrogen (secondary N) is 2. The lowest BCUT2D eigenvalue weighted by Gasteiger charge is -2.07. The second kappa shape index (κ2) is 6.48. The Morgan fingerprint density at radius 1 is 1.15 bits per heavy atom. The molecule has 4 rings (SSSR count). The molecule has 0 saturated carbocycles. The van der Waals surface area contributed by atoms with Gasteiger partial charge >= 0.3 is 0 Å². The van der Waals surface area contributed by atoms with Crippen LogP contribution in [0.4, 0.5) is 0 Å². The quantitative estimate of drug-likeness (QED) is 0.596. The summed E-state index contributed by atoms with van der Waals surface area (Å²) in [6, 6.07) is 15.4. The molecule has 0 fully saturated rings. The van der Waals surface area contributed by atoms with E-state index in [2.05, 4.69) is 20.4 Å². The van der Waals surface area contributed by atoms with Gasteiger partial charge in [0.2, 0.25) is 0 Å². The number of hydrogen-bond acceptors (Lipinski definition) is 3. The first-order valence-electron chi connectivity index (χ1n) is 8.45. The van der Waals surface area contributed by atoms with Gasteiger partial charge in [0.1, 0.15) is 0 Å². The van der Waals surface area contributed by atoms with Crippen molar-refractivity contribution in [3.05, 3.63) is 77.4 Å². The monoisotopic (exact) mass is 345 g/mol. The van der Waals surface area contributed by atoms with Crippen molar-refractivity contribution < 1.29 is 4.79 Å². The van der Waals surface area contributed by atoms with Crippen molar-refractivity contribution in [3.63, 3.8) is 0 Å². The number of rotatable bonds is 4. The summed E-state index contributed by atoms with van der Waals surface area (Å²) in [5.41, 5.74) is 6.28. The highest BCUT2D eigenvalue weighted by Gasteiger charge is 2.14. The SMILES string of the molecule is Cc1nn(-c2ccccc2)c(C)c1CNC(=O)c1ccc2nc[nH]c2c1. The van der Waals surface area contributed by atoms with Crippen LogP contribution >= 0.6 is 0 Å². The third-order valence-corrected chi connectivity index (χ3v) is 4.55. The summed E-state index contributed by atoms with van der Waals surface area (Å²) in [6.45, 7) is 4.42. The Morgan fingerprint density at radius 3 is 2.77 bits per heavy atom. The number of carbonyl (C=O) groups excluding carboxylic acids is 1. The average molecular weight is 345 g/mol. The van der Waals surface area contributed by atoms with Crippen LogP contribution < -0.4 is 5.32 Å². The predicted molar refractivity (Wildman–Crippen MR) is 100 cm³/mol. The molecule has 0 bridgehead atoms. The standard InChI is InChI=1S/C20H19N5O/c1-13-17(14(2)25(24-13)16-6-4-3-5-7-16)11-21-20(26)15-8-9-18-19(10-15)23-12-22-18/h3-10,12H,11H2,1-2H3,(H,21,26)(H,22,23). The molecule has 2 aromatic carbocycles. The maximum absolute atomic E-state index is 12.5. The number of para-hydroxylation sites is 1. The summed E-state index contributed by atoms with van der Waals surface area (Å²) in [5, 5.41) is 7.61. The highest BCUT2D eigenvalue weighted by atomic mass is 16.1. The molecule has 0 aliphatic rings. The molecule has 0 saturated heterocycles. The van der Waals surface area contributed by atoms with Crippen molar-refractivity contribution in [1.82, 2.24) is 25.1 Å². The predicted octanol–water partition coefficient (Wildman–Crippen LogP) is 3.30. The number of benzene rings is 2. The highest BCUT2D eigenvalue weighted by molar-refractivity contribution is 5.97. The van der Waals surface area contributed by atoms with E-state index in [1.807, 2.05) is 61.0 Å². The minimum Gasteiger partial charge on any atom is -0.348 e. The highest BCUT2D eigenvalue weighted by Crippen LogP contribution is 2.18. The van der Waals surface area contributed by atoms with Gasteiger partial charge in [0.25, 0.3) is 5.91 Å². The number of carbonyl (C=O) groups is 1. The van der Waals surface area contributed by atoms with Crippen LogP contribution in [0.1, 0.15) is 27.3 Å². The van der Waals surface area contributed by atoms with Gasteiger partial charge < -0.3 is 10.3 Å². The van der Waals surface area contributed by atoms with Crippen LogP contribution in [0.5, 0.6) is 0 Å². The minimum atomic E-state index is -0.118. The topological polar surface area (TPSA) is 75.6 Å². The van der Waals surface area contributed by atoms with E-state index in [1.165, 1.54) is 0 Å². The maximum Gasteiger partial charge on any atom is 0.251 e. The van der Waals surface area contributed by atoms with E-state index in [1.54, 1.807) is 12.4 Å². The molecule has 2 N–H and O–H groups in total. The number of H-pyrrole nitrogens is 1. The number of aryl methyl sites for hydroxylation is 1. The van der Waals surface area contributed by atoms with Crippen molar-refractivity contribution in [2.45, 2.75) is 20.4 Å².